The summed E-state index contributed by atoms with van der Waals surface area (Å²) in [6.45, 7) is 5.49. The molecule has 0 aromatic carbocycles. The highest BCUT2D eigenvalue weighted by Gasteiger charge is 2.50. The highest BCUT2D eigenvalue weighted by atomic mass is 19.1. The summed E-state index contributed by atoms with van der Waals surface area (Å²) in [4.78, 5) is 15.8. The molecule has 9 heteroatoms. The fraction of sp³-hybridized carbons (Fsp3) is 0.682. The summed E-state index contributed by atoms with van der Waals surface area (Å²) in [6, 6.07) is 2.15. The van der Waals surface area contributed by atoms with Gasteiger partial charge < -0.3 is 14.1 Å². The maximum Gasteiger partial charge on any atom is 0.191 e. The van der Waals surface area contributed by atoms with E-state index < -0.39 is 6.17 Å². The van der Waals surface area contributed by atoms with Crippen LogP contribution in [0, 0.1) is 12.8 Å². The van der Waals surface area contributed by atoms with Gasteiger partial charge in [0.05, 0.1) is 30.0 Å². The molecule has 5 atom stereocenters. The number of oxazole rings is 1. The van der Waals surface area contributed by atoms with Gasteiger partial charge in [0.15, 0.2) is 5.89 Å². The molecule has 8 nitrogen and oxygen atoms in total. The van der Waals surface area contributed by atoms with Crippen molar-refractivity contribution < 1.29 is 13.5 Å². The van der Waals surface area contributed by atoms with Crippen LogP contribution in [0.15, 0.2) is 16.8 Å². The van der Waals surface area contributed by atoms with E-state index in [0.29, 0.717) is 25.3 Å². The second-order valence-corrected chi connectivity index (χ2v) is 9.71. The second kappa shape index (κ2) is 7.21. The molecule has 6 rings (SSSR count). The maximum atomic E-state index is 14.8. The van der Waals surface area contributed by atoms with Crippen LogP contribution in [-0.2, 0) is 17.7 Å². The molecule has 2 aromatic heterocycles. The lowest BCUT2D eigenvalue weighted by Gasteiger charge is -2.37. The van der Waals surface area contributed by atoms with E-state index in [1.807, 2.05) is 6.92 Å². The third-order valence-corrected chi connectivity index (χ3v) is 7.30. The Hall–Kier alpha value is -2.10. The summed E-state index contributed by atoms with van der Waals surface area (Å²) < 4.78 is 26.6. The molecule has 5 unspecified atom stereocenters. The number of anilines is 1. The molecule has 2 aliphatic heterocycles. The predicted octanol–water partition coefficient (Wildman–Crippen LogP) is 2.54. The summed E-state index contributed by atoms with van der Waals surface area (Å²) >= 11 is 0. The lowest BCUT2D eigenvalue weighted by atomic mass is 9.78. The average molecular weight is 429 g/mol. The number of hydrazine groups is 1. The first-order valence-corrected chi connectivity index (χ1v) is 11.3. The zero-order valence-corrected chi connectivity index (χ0v) is 18.0. The number of fused-ring (bicyclic) bond motifs is 2. The molecule has 4 heterocycles. The first kappa shape index (κ1) is 19.6. The van der Waals surface area contributed by atoms with Crippen LogP contribution in [0.3, 0.4) is 0 Å². The molecular formula is C22H29FN6O2. The van der Waals surface area contributed by atoms with Crippen LogP contribution in [0.1, 0.15) is 61.7 Å². The Morgan fingerprint density at radius 1 is 1.26 bits per heavy atom. The van der Waals surface area contributed by atoms with Crippen molar-refractivity contribution in [2.24, 2.45) is 5.92 Å². The number of nitrogens with zero attached hydrogens (tertiary/aromatic N) is 4. The standard InChI is InChI=1S/C22H29FN6O2/c1-12-26-17-10-29(6-3-18(17)30-12)20-9-16(24-11-25-20)21-13-7-19(31-22(2)4-5-22)14(23)8-15(13)27-28-21/h9,11,13-15,19,21,27-28H,3-8,10H2,1-2H3. The minimum Gasteiger partial charge on any atom is -0.446 e. The van der Waals surface area contributed by atoms with E-state index in [0.717, 1.165) is 48.8 Å². The van der Waals surface area contributed by atoms with Gasteiger partial charge in [0.2, 0.25) is 0 Å². The number of rotatable bonds is 4. The third kappa shape index (κ3) is 3.62. The maximum absolute atomic E-state index is 14.8. The van der Waals surface area contributed by atoms with Crippen LogP contribution in [0.2, 0.25) is 0 Å². The van der Waals surface area contributed by atoms with Crippen LogP contribution in [-0.4, -0.2) is 45.4 Å². The molecule has 1 saturated heterocycles. The number of halogens is 1. The average Bonchev–Trinajstić information content (AvgIpc) is 3.17. The predicted molar refractivity (Wildman–Crippen MR) is 111 cm³/mol. The minimum atomic E-state index is -0.929. The lowest BCUT2D eigenvalue weighted by Crippen LogP contribution is -2.45. The van der Waals surface area contributed by atoms with Gasteiger partial charge in [0.1, 0.15) is 29.8 Å². The smallest absolute Gasteiger partial charge is 0.191 e. The van der Waals surface area contributed by atoms with Crippen molar-refractivity contribution in [1.29, 1.82) is 0 Å². The van der Waals surface area contributed by atoms with Crippen molar-refractivity contribution in [2.45, 2.75) is 82.5 Å². The van der Waals surface area contributed by atoms with Gasteiger partial charge in [-0.3, -0.25) is 5.43 Å². The van der Waals surface area contributed by atoms with E-state index in [1.54, 1.807) is 6.33 Å². The van der Waals surface area contributed by atoms with Crippen LogP contribution in [0.5, 0.6) is 0 Å². The highest BCUT2D eigenvalue weighted by molar-refractivity contribution is 5.42. The Bertz CT molecular complexity index is 979. The molecule has 0 spiro atoms. The monoisotopic (exact) mass is 428 g/mol. The summed E-state index contributed by atoms with van der Waals surface area (Å²) in [5, 5.41) is 0. The van der Waals surface area contributed by atoms with Crippen LogP contribution in [0.4, 0.5) is 10.2 Å². The van der Waals surface area contributed by atoms with Crippen LogP contribution in [0.25, 0.3) is 0 Å². The topological polar surface area (TPSA) is 88.3 Å². The Morgan fingerprint density at radius 3 is 2.97 bits per heavy atom. The molecule has 4 aliphatic rings. The summed E-state index contributed by atoms with van der Waals surface area (Å²) in [6.07, 6.45) is 4.40. The fourth-order valence-corrected chi connectivity index (χ4v) is 5.29. The number of nitrogens with one attached hydrogen (secondary N) is 2. The Balaban J connectivity index is 1.20. The molecule has 3 fully saturated rings. The molecule has 2 aromatic rings. The van der Waals surface area contributed by atoms with Crippen LogP contribution < -0.4 is 15.8 Å². The summed E-state index contributed by atoms with van der Waals surface area (Å²) in [5.41, 5.74) is 8.48. The Morgan fingerprint density at radius 2 is 2.13 bits per heavy atom. The SMILES string of the molecule is Cc1nc2c(o1)CCN(c1cc(C3NNC4CC(F)C(OC5(C)CC5)CC43)ncn1)C2. The largest absolute Gasteiger partial charge is 0.446 e. The molecule has 2 aliphatic carbocycles. The van der Waals surface area contributed by atoms with Crippen molar-refractivity contribution >= 4 is 5.82 Å². The fourth-order valence-electron chi connectivity index (χ4n) is 5.29. The van der Waals surface area contributed by atoms with E-state index in [-0.39, 0.29) is 29.7 Å². The van der Waals surface area contributed by atoms with Gasteiger partial charge in [-0.15, -0.1) is 0 Å². The molecule has 2 saturated carbocycles. The van der Waals surface area contributed by atoms with E-state index in [1.165, 1.54) is 0 Å². The van der Waals surface area contributed by atoms with Crippen molar-refractivity contribution in [3.8, 4) is 0 Å². The number of ether oxygens (including phenoxy) is 1. The highest BCUT2D eigenvalue weighted by Crippen LogP contribution is 2.45. The van der Waals surface area contributed by atoms with Gasteiger partial charge in [-0.2, -0.15) is 0 Å². The molecule has 31 heavy (non-hydrogen) atoms. The zero-order chi connectivity index (χ0) is 21.2. The molecule has 2 N–H and O–H groups in total. The van der Waals surface area contributed by atoms with E-state index in [2.05, 4.69) is 43.7 Å². The van der Waals surface area contributed by atoms with Gasteiger partial charge in [-0.1, -0.05) is 0 Å². The quantitative estimate of drug-likeness (QED) is 0.768. The van der Waals surface area contributed by atoms with Gasteiger partial charge >= 0.3 is 0 Å². The Labute approximate surface area is 181 Å². The molecule has 0 amide bonds. The third-order valence-electron chi connectivity index (χ3n) is 7.30. The Kier molecular flexibility index (Phi) is 4.56. The summed E-state index contributed by atoms with van der Waals surface area (Å²) in [5.74, 6) is 2.81. The summed E-state index contributed by atoms with van der Waals surface area (Å²) in [7, 11) is 0. The van der Waals surface area contributed by atoms with E-state index in [4.69, 9.17) is 9.15 Å². The number of hydrogen-bond acceptors (Lipinski definition) is 8. The normalized spacial score (nSPS) is 33.8. The minimum absolute atomic E-state index is 0.00649. The van der Waals surface area contributed by atoms with E-state index >= 15 is 0 Å². The zero-order valence-electron chi connectivity index (χ0n) is 18.0. The van der Waals surface area contributed by atoms with Crippen molar-refractivity contribution in [1.82, 2.24) is 25.8 Å². The van der Waals surface area contributed by atoms with Crippen molar-refractivity contribution in [3.05, 3.63) is 35.4 Å². The first-order chi connectivity index (χ1) is 15.0. The number of aryl methyl sites for hydroxylation is 1. The number of aromatic nitrogens is 3. The second-order valence-electron chi connectivity index (χ2n) is 9.71. The van der Waals surface area contributed by atoms with Gasteiger partial charge in [-0.25, -0.2) is 24.8 Å². The molecular weight excluding hydrogens is 399 g/mol. The van der Waals surface area contributed by atoms with Gasteiger partial charge in [0, 0.05) is 37.9 Å². The molecule has 166 valence electrons. The van der Waals surface area contributed by atoms with E-state index in [9.17, 15) is 4.39 Å². The lowest BCUT2D eigenvalue weighted by molar-refractivity contribution is -0.0886. The van der Waals surface area contributed by atoms with Crippen molar-refractivity contribution in [3.63, 3.8) is 0 Å². The van der Waals surface area contributed by atoms with Gasteiger partial charge in [0.25, 0.3) is 0 Å². The molecule has 0 bridgehead atoms. The molecule has 0 radical (unpaired) electrons. The number of hydrogen-bond donors (Lipinski definition) is 2. The van der Waals surface area contributed by atoms with Crippen molar-refractivity contribution in [2.75, 3.05) is 11.4 Å². The number of alkyl halides is 1. The van der Waals surface area contributed by atoms with Gasteiger partial charge in [-0.05, 0) is 32.6 Å². The van der Waals surface area contributed by atoms with Crippen LogP contribution >= 0.6 is 0 Å². The first-order valence-electron chi connectivity index (χ1n) is 11.3.